The van der Waals surface area contributed by atoms with Gasteiger partial charge in [0.25, 0.3) is 0 Å². The summed E-state index contributed by atoms with van der Waals surface area (Å²) in [4.78, 5) is 7.00. The summed E-state index contributed by atoms with van der Waals surface area (Å²) < 4.78 is 0. The van der Waals surface area contributed by atoms with Gasteiger partial charge in [-0.15, -0.1) is 0 Å². The van der Waals surface area contributed by atoms with Crippen molar-refractivity contribution in [1.29, 1.82) is 0 Å². The molecule has 0 amide bonds. The maximum atomic E-state index is 6.49. The number of rotatable bonds is 5. The lowest BCUT2D eigenvalue weighted by Crippen LogP contribution is -2.43. The number of nitrogens with one attached hydrogen (secondary N) is 1. The van der Waals surface area contributed by atoms with Crippen LogP contribution in [0.5, 0.6) is 0 Å². The predicted octanol–water partition coefficient (Wildman–Crippen LogP) is 4.11. The molecule has 0 aromatic carbocycles. The maximum Gasteiger partial charge on any atom is 0.147 e. The summed E-state index contributed by atoms with van der Waals surface area (Å²) in [5.41, 5.74) is 1.15. The van der Waals surface area contributed by atoms with Gasteiger partial charge in [0, 0.05) is 25.3 Å². The van der Waals surface area contributed by atoms with Crippen molar-refractivity contribution in [3.05, 3.63) is 22.8 Å². The zero-order chi connectivity index (χ0) is 15.4. The highest BCUT2D eigenvalue weighted by atomic mass is 35.5. The molecule has 1 aromatic rings. The highest BCUT2D eigenvalue weighted by Crippen LogP contribution is 2.32. The zero-order valence-corrected chi connectivity index (χ0v) is 14.5. The van der Waals surface area contributed by atoms with Crippen molar-refractivity contribution >= 4 is 17.4 Å². The Hall–Kier alpha value is -0.800. The molecule has 2 heterocycles. The number of piperidine rings is 1. The number of hydrogen-bond donors (Lipinski definition) is 1. The van der Waals surface area contributed by atoms with Gasteiger partial charge >= 0.3 is 0 Å². The van der Waals surface area contributed by atoms with Crippen LogP contribution in [0, 0.1) is 11.8 Å². The minimum atomic E-state index is 0.508. The summed E-state index contributed by atoms with van der Waals surface area (Å²) in [5, 5.41) is 4.21. The summed E-state index contributed by atoms with van der Waals surface area (Å²) in [6.45, 7) is 11.9. The lowest BCUT2D eigenvalue weighted by Gasteiger charge is -2.39. The second-order valence-electron chi connectivity index (χ2n) is 6.73. The molecule has 2 atom stereocenters. The van der Waals surface area contributed by atoms with Gasteiger partial charge in [0.15, 0.2) is 0 Å². The molecule has 0 radical (unpaired) electrons. The molecular weight excluding hydrogens is 282 g/mol. The van der Waals surface area contributed by atoms with Crippen molar-refractivity contribution < 1.29 is 0 Å². The van der Waals surface area contributed by atoms with Crippen LogP contribution in [0.15, 0.2) is 12.3 Å². The van der Waals surface area contributed by atoms with Crippen molar-refractivity contribution in [2.24, 2.45) is 11.8 Å². The second kappa shape index (κ2) is 7.46. The fourth-order valence-electron chi connectivity index (χ4n) is 2.92. The molecule has 4 heteroatoms. The lowest BCUT2D eigenvalue weighted by molar-refractivity contribution is 0.361. The van der Waals surface area contributed by atoms with Gasteiger partial charge in [0.1, 0.15) is 5.82 Å². The van der Waals surface area contributed by atoms with Crippen molar-refractivity contribution in [2.75, 3.05) is 18.0 Å². The molecule has 118 valence electrons. The van der Waals surface area contributed by atoms with E-state index in [-0.39, 0.29) is 0 Å². The van der Waals surface area contributed by atoms with Crippen LogP contribution in [0.2, 0.25) is 5.02 Å². The second-order valence-corrected chi connectivity index (χ2v) is 7.13. The molecule has 1 saturated heterocycles. The van der Waals surface area contributed by atoms with E-state index in [4.69, 9.17) is 11.6 Å². The first-order chi connectivity index (χ1) is 9.99. The molecule has 1 aliphatic rings. The fraction of sp³-hybridized carbons (Fsp3) is 0.706. The molecule has 1 aliphatic heterocycles. The van der Waals surface area contributed by atoms with E-state index >= 15 is 0 Å². The van der Waals surface area contributed by atoms with Crippen molar-refractivity contribution in [1.82, 2.24) is 10.3 Å². The monoisotopic (exact) mass is 309 g/mol. The third kappa shape index (κ3) is 4.33. The van der Waals surface area contributed by atoms with Gasteiger partial charge in [-0.2, -0.15) is 0 Å². The summed E-state index contributed by atoms with van der Waals surface area (Å²) in [6, 6.07) is 2.57. The smallest absolute Gasteiger partial charge is 0.147 e. The fourth-order valence-corrected chi connectivity index (χ4v) is 3.22. The van der Waals surface area contributed by atoms with E-state index in [0.717, 1.165) is 36.0 Å². The van der Waals surface area contributed by atoms with Crippen LogP contribution in [0.1, 0.15) is 46.1 Å². The Kier molecular flexibility index (Phi) is 5.88. The molecule has 0 aliphatic carbocycles. The quantitative estimate of drug-likeness (QED) is 0.887. The van der Waals surface area contributed by atoms with Gasteiger partial charge in [0.2, 0.25) is 0 Å². The zero-order valence-electron chi connectivity index (χ0n) is 13.7. The van der Waals surface area contributed by atoms with E-state index in [2.05, 4.69) is 49.0 Å². The highest BCUT2D eigenvalue weighted by Gasteiger charge is 2.26. The standard InChI is InChI=1S/C17H28ClN3/c1-12(2)9-19-10-15-8-16(18)17(20-11-15)21-7-5-6-13(3)14(21)4/h8,11-14,19H,5-7,9-10H2,1-4H3. The van der Waals surface area contributed by atoms with Crippen LogP contribution in [0.3, 0.4) is 0 Å². The minimum Gasteiger partial charge on any atom is -0.352 e. The van der Waals surface area contributed by atoms with Crippen molar-refractivity contribution in [2.45, 2.75) is 53.1 Å². The van der Waals surface area contributed by atoms with E-state index < -0.39 is 0 Å². The maximum absolute atomic E-state index is 6.49. The van der Waals surface area contributed by atoms with Crippen LogP contribution in [0.25, 0.3) is 0 Å². The van der Waals surface area contributed by atoms with Crippen molar-refractivity contribution in [3.63, 3.8) is 0 Å². The first-order valence-corrected chi connectivity index (χ1v) is 8.48. The van der Waals surface area contributed by atoms with Crippen LogP contribution in [-0.2, 0) is 6.54 Å². The Morgan fingerprint density at radius 1 is 1.43 bits per heavy atom. The predicted molar refractivity (Wildman–Crippen MR) is 91.0 cm³/mol. The number of nitrogens with zero attached hydrogens (tertiary/aromatic N) is 2. The van der Waals surface area contributed by atoms with Crippen LogP contribution >= 0.6 is 11.6 Å². The summed E-state index contributed by atoms with van der Waals surface area (Å²) in [6.07, 6.45) is 4.48. The van der Waals surface area contributed by atoms with Gasteiger partial charge in [-0.05, 0) is 49.8 Å². The molecule has 0 spiro atoms. The number of pyridine rings is 1. The molecule has 2 rings (SSSR count). The third-order valence-electron chi connectivity index (χ3n) is 4.41. The molecule has 21 heavy (non-hydrogen) atoms. The molecule has 3 nitrogen and oxygen atoms in total. The Morgan fingerprint density at radius 3 is 2.86 bits per heavy atom. The number of anilines is 1. The van der Waals surface area contributed by atoms with Crippen LogP contribution in [-0.4, -0.2) is 24.1 Å². The average molecular weight is 310 g/mol. The number of aromatic nitrogens is 1. The van der Waals surface area contributed by atoms with Crippen molar-refractivity contribution in [3.8, 4) is 0 Å². The first-order valence-electron chi connectivity index (χ1n) is 8.10. The highest BCUT2D eigenvalue weighted by molar-refractivity contribution is 6.33. The normalized spacial score (nSPS) is 22.9. The van der Waals surface area contributed by atoms with E-state index in [0.29, 0.717) is 17.9 Å². The van der Waals surface area contributed by atoms with Gasteiger partial charge in [0.05, 0.1) is 5.02 Å². The average Bonchev–Trinajstić information content (AvgIpc) is 2.42. The molecule has 1 aromatic heterocycles. The topological polar surface area (TPSA) is 28.2 Å². The van der Waals surface area contributed by atoms with E-state index in [9.17, 15) is 0 Å². The summed E-state index contributed by atoms with van der Waals surface area (Å²) in [7, 11) is 0. The van der Waals surface area contributed by atoms with Gasteiger partial charge in [-0.1, -0.05) is 32.4 Å². The number of hydrogen-bond acceptors (Lipinski definition) is 3. The summed E-state index contributed by atoms with van der Waals surface area (Å²) in [5.74, 6) is 2.30. The molecule has 0 saturated carbocycles. The molecule has 0 bridgehead atoms. The molecule has 1 N–H and O–H groups in total. The van der Waals surface area contributed by atoms with E-state index in [1.165, 1.54) is 12.8 Å². The largest absolute Gasteiger partial charge is 0.352 e. The summed E-state index contributed by atoms with van der Waals surface area (Å²) >= 11 is 6.49. The molecule has 1 fully saturated rings. The van der Waals surface area contributed by atoms with E-state index in [1.807, 2.05) is 6.20 Å². The minimum absolute atomic E-state index is 0.508. The third-order valence-corrected chi connectivity index (χ3v) is 4.68. The lowest BCUT2D eigenvalue weighted by atomic mass is 9.92. The number of halogens is 1. The van der Waals surface area contributed by atoms with Crippen LogP contribution in [0.4, 0.5) is 5.82 Å². The van der Waals surface area contributed by atoms with Gasteiger partial charge < -0.3 is 10.2 Å². The van der Waals surface area contributed by atoms with Gasteiger partial charge in [-0.3, -0.25) is 0 Å². The van der Waals surface area contributed by atoms with Crippen LogP contribution < -0.4 is 10.2 Å². The Balaban J connectivity index is 2.05. The van der Waals surface area contributed by atoms with E-state index in [1.54, 1.807) is 0 Å². The Labute approximate surface area is 134 Å². The molecular formula is C17H28ClN3. The first kappa shape index (κ1) is 16.6. The molecule has 2 unspecified atom stereocenters. The Bertz CT molecular complexity index is 461. The van der Waals surface area contributed by atoms with Gasteiger partial charge in [-0.25, -0.2) is 4.98 Å². The SMILES string of the molecule is CC(C)CNCc1cnc(N2CCCC(C)C2C)c(Cl)c1. The Morgan fingerprint density at radius 2 is 2.19 bits per heavy atom.